The molecule has 4 heteroatoms. The molecule has 0 saturated carbocycles. The molecule has 2 aromatic carbocycles. The first-order valence-corrected chi connectivity index (χ1v) is 7.16. The first kappa shape index (κ1) is 13.3. The molecule has 0 amide bonds. The van der Waals surface area contributed by atoms with Crippen molar-refractivity contribution in [3.8, 4) is 5.75 Å². The second-order valence-corrected chi connectivity index (χ2v) is 5.17. The first-order valence-electron chi connectivity index (χ1n) is 6.78. The van der Waals surface area contributed by atoms with Gasteiger partial charge in [-0.25, -0.2) is 0 Å². The molecular formula is C16H17ClN2O. The van der Waals surface area contributed by atoms with E-state index in [9.17, 15) is 0 Å². The summed E-state index contributed by atoms with van der Waals surface area (Å²) in [5.41, 5.74) is 8.99. The van der Waals surface area contributed by atoms with Gasteiger partial charge in [0.25, 0.3) is 0 Å². The third kappa shape index (κ3) is 2.35. The molecule has 1 heterocycles. The van der Waals surface area contributed by atoms with Crippen LogP contribution in [0.5, 0.6) is 5.75 Å². The van der Waals surface area contributed by atoms with E-state index in [1.165, 1.54) is 0 Å². The maximum Gasteiger partial charge on any atom is 0.142 e. The van der Waals surface area contributed by atoms with E-state index < -0.39 is 0 Å². The Morgan fingerprint density at radius 2 is 1.90 bits per heavy atom. The van der Waals surface area contributed by atoms with Gasteiger partial charge in [0.05, 0.1) is 12.3 Å². The average Bonchev–Trinajstić information content (AvgIpc) is 2.69. The summed E-state index contributed by atoms with van der Waals surface area (Å²) < 4.78 is 5.80. The van der Waals surface area contributed by atoms with Gasteiger partial charge in [0.15, 0.2) is 0 Å². The van der Waals surface area contributed by atoms with Gasteiger partial charge in [-0.2, -0.15) is 0 Å². The average molecular weight is 289 g/mol. The number of fused-ring (bicyclic) bond motifs is 1. The molecule has 3 nitrogen and oxygen atoms in total. The minimum atomic E-state index is 0.425. The summed E-state index contributed by atoms with van der Waals surface area (Å²) in [5, 5.41) is 0.715. The first-order chi connectivity index (χ1) is 9.81. The highest BCUT2D eigenvalue weighted by atomic mass is 35.5. The predicted octanol–water partition coefficient (Wildman–Crippen LogP) is 3.72. The SMILES string of the molecule is NCc1c(Cl)cccc1N1CCCOc2ccccc21. The van der Waals surface area contributed by atoms with Crippen molar-refractivity contribution in [3.05, 3.63) is 53.1 Å². The Labute approximate surface area is 123 Å². The van der Waals surface area contributed by atoms with Crippen LogP contribution in [0.4, 0.5) is 11.4 Å². The van der Waals surface area contributed by atoms with Crippen LogP contribution < -0.4 is 15.4 Å². The number of hydrogen-bond donors (Lipinski definition) is 1. The Hall–Kier alpha value is -1.71. The Bertz CT molecular complexity index is 615. The maximum absolute atomic E-state index is 6.28. The van der Waals surface area contributed by atoms with Gasteiger partial charge in [0, 0.05) is 29.4 Å². The van der Waals surface area contributed by atoms with Crippen LogP contribution >= 0.6 is 11.6 Å². The van der Waals surface area contributed by atoms with Gasteiger partial charge in [-0.3, -0.25) is 0 Å². The third-order valence-corrected chi connectivity index (χ3v) is 3.88. The molecule has 0 aromatic heterocycles. The lowest BCUT2D eigenvalue weighted by Gasteiger charge is -2.26. The molecule has 3 rings (SSSR count). The largest absolute Gasteiger partial charge is 0.491 e. The summed E-state index contributed by atoms with van der Waals surface area (Å²) in [5.74, 6) is 0.910. The fraction of sp³-hybridized carbons (Fsp3) is 0.250. The van der Waals surface area contributed by atoms with Gasteiger partial charge in [-0.1, -0.05) is 29.8 Å². The van der Waals surface area contributed by atoms with Crippen LogP contribution in [0, 0.1) is 0 Å². The molecule has 104 valence electrons. The number of rotatable bonds is 2. The van der Waals surface area contributed by atoms with Crippen molar-refractivity contribution in [2.75, 3.05) is 18.1 Å². The number of nitrogens with zero attached hydrogens (tertiary/aromatic N) is 1. The number of benzene rings is 2. The van der Waals surface area contributed by atoms with Crippen LogP contribution in [0.1, 0.15) is 12.0 Å². The molecule has 0 saturated heterocycles. The van der Waals surface area contributed by atoms with Crippen molar-refractivity contribution in [3.63, 3.8) is 0 Å². The van der Waals surface area contributed by atoms with Gasteiger partial charge >= 0.3 is 0 Å². The molecule has 0 unspecified atom stereocenters. The molecule has 0 atom stereocenters. The lowest BCUT2D eigenvalue weighted by Crippen LogP contribution is -2.20. The van der Waals surface area contributed by atoms with Gasteiger partial charge in [0.1, 0.15) is 5.75 Å². The molecule has 1 aliphatic rings. The molecule has 0 bridgehead atoms. The van der Waals surface area contributed by atoms with Gasteiger partial charge < -0.3 is 15.4 Å². The lowest BCUT2D eigenvalue weighted by atomic mass is 10.1. The van der Waals surface area contributed by atoms with Crippen LogP contribution in [0.3, 0.4) is 0 Å². The summed E-state index contributed by atoms with van der Waals surface area (Å²) in [7, 11) is 0. The van der Waals surface area contributed by atoms with Crippen molar-refractivity contribution in [2.24, 2.45) is 5.73 Å². The van der Waals surface area contributed by atoms with E-state index in [1.54, 1.807) is 0 Å². The summed E-state index contributed by atoms with van der Waals surface area (Å²) >= 11 is 6.28. The van der Waals surface area contributed by atoms with Crippen LogP contribution in [0.15, 0.2) is 42.5 Å². The molecule has 0 spiro atoms. The van der Waals surface area contributed by atoms with Crippen molar-refractivity contribution >= 4 is 23.0 Å². The summed E-state index contributed by atoms with van der Waals surface area (Å²) in [6.07, 6.45) is 0.963. The van der Waals surface area contributed by atoms with E-state index in [2.05, 4.69) is 17.0 Å². The fourth-order valence-corrected chi connectivity index (χ4v) is 2.83. The predicted molar refractivity (Wildman–Crippen MR) is 82.9 cm³/mol. The fourth-order valence-electron chi connectivity index (χ4n) is 2.58. The Morgan fingerprint density at radius 3 is 2.75 bits per heavy atom. The molecule has 0 fully saturated rings. The standard InChI is InChI=1S/C16H17ClN2O/c17-13-5-3-7-14(12(13)11-18)19-9-4-10-20-16-8-2-1-6-15(16)19/h1-3,5-8H,4,9-11,18H2. The highest BCUT2D eigenvalue weighted by Gasteiger charge is 2.20. The van der Waals surface area contributed by atoms with Crippen LogP contribution in [-0.4, -0.2) is 13.2 Å². The second-order valence-electron chi connectivity index (χ2n) is 4.76. The third-order valence-electron chi connectivity index (χ3n) is 3.53. The number of anilines is 2. The normalized spacial score (nSPS) is 14.4. The maximum atomic E-state index is 6.28. The monoisotopic (exact) mass is 288 g/mol. The van der Waals surface area contributed by atoms with Crippen molar-refractivity contribution in [1.29, 1.82) is 0 Å². The highest BCUT2D eigenvalue weighted by molar-refractivity contribution is 6.31. The molecule has 2 N–H and O–H groups in total. The summed E-state index contributed by atoms with van der Waals surface area (Å²) in [4.78, 5) is 2.25. The Kier molecular flexibility index (Phi) is 3.81. The van der Waals surface area contributed by atoms with E-state index in [4.69, 9.17) is 22.1 Å². The van der Waals surface area contributed by atoms with Crippen molar-refractivity contribution in [1.82, 2.24) is 0 Å². The van der Waals surface area contributed by atoms with Crippen LogP contribution in [0.2, 0.25) is 5.02 Å². The lowest BCUT2D eigenvalue weighted by molar-refractivity contribution is 0.322. The van der Waals surface area contributed by atoms with Gasteiger partial charge in [-0.05, 0) is 30.7 Å². The number of para-hydroxylation sites is 2. The zero-order chi connectivity index (χ0) is 13.9. The van der Waals surface area contributed by atoms with Gasteiger partial charge in [0.2, 0.25) is 0 Å². The van der Waals surface area contributed by atoms with E-state index >= 15 is 0 Å². The molecular weight excluding hydrogens is 272 g/mol. The topological polar surface area (TPSA) is 38.5 Å². The van der Waals surface area contributed by atoms with E-state index in [1.807, 2.05) is 30.3 Å². The van der Waals surface area contributed by atoms with E-state index in [0.29, 0.717) is 11.6 Å². The van der Waals surface area contributed by atoms with Crippen LogP contribution in [-0.2, 0) is 6.54 Å². The Morgan fingerprint density at radius 1 is 1.10 bits per heavy atom. The zero-order valence-corrected chi connectivity index (χ0v) is 11.9. The smallest absolute Gasteiger partial charge is 0.142 e. The molecule has 20 heavy (non-hydrogen) atoms. The number of hydrogen-bond acceptors (Lipinski definition) is 3. The Balaban J connectivity index is 2.12. The molecule has 0 aliphatic carbocycles. The number of ether oxygens (including phenoxy) is 1. The second kappa shape index (κ2) is 5.73. The minimum Gasteiger partial charge on any atom is -0.491 e. The molecule has 2 aromatic rings. The van der Waals surface area contributed by atoms with Crippen molar-refractivity contribution in [2.45, 2.75) is 13.0 Å². The molecule has 0 radical (unpaired) electrons. The summed E-state index contributed by atoms with van der Waals surface area (Å²) in [6.45, 7) is 2.05. The van der Waals surface area contributed by atoms with E-state index in [-0.39, 0.29) is 0 Å². The number of halogens is 1. The minimum absolute atomic E-state index is 0.425. The van der Waals surface area contributed by atoms with Gasteiger partial charge in [-0.15, -0.1) is 0 Å². The van der Waals surface area contributed by atoms with E-state index in [0.717, 1.165) is 42.3 Å². The summed E-state index contributed by atoms with van der Waals surface area (Å²) in [6, 6.07) is 14.0. The van der Waals surface area contributed by atoms with Crippen LogP contribution in [0.25, 0.3) is 0 Å². The number of nitrogens with two attached hydrogens (primary N) is 1. The molecule has 1 aliphatic heterocycles. The quantitative estimate of drug-likeness (QED) is 0.915. The highest BCUT2D eigenvalue weighted by Crippen LogP contribution is 2.38. The zero-order valence-electron chi connectivity index (χ0n) is 11.2. The van der Waals surface area contributed by atoms with Crippen molar-refractivity contribution < 1.29 is 4.74 Å².